The van der Waals surface area contributed by atoms with Crippen LogP contribution in [-0.4, -0.2) is 38.9 Å². The number of nitrogens with zero attached hydrogens (tertiary/aromatic N) is 1. The number of ether oxygens (including phenoxy) is 1. The molecule has 9 nitrogen and oxygen atoms in total. The van der Waals surface area contributed by atoms with Gasteiger partial charge in [-0.3, -0.25) is 9.59 Å². The van der Waals surface area contributed by atoms with Gasteiger partial charge in [-0.25, -0.2) is 4.79 Å². The van der Waals surface area contributed by atoms with Crippen LogP contribution in [-0.2, 0) is 16.6 Å². The number of aromatic nitrogens is 1. The summed E-state index contributed by atoms with van der Waals surface area (Å²) < 4.78 is 42.9. The number of hydrogen-bond donors (Lipinski definition) is 4. The second-order valence-corrected chi connectivity index (χ2v) is 8.29. The summed E-state index contributed by atoms with van der Waals surface area (Å²) >= 11 is 0. The Bertz CT molecular complexity index is 1590. The second kappa shape index (κ2) is 9.81. The Balaban J connectivity index is 1.56. The van der Waals surface area contributed by atoms with Gasteiger partial charge in [0, 0.05) is 41.5 Å². The van der Waals surface area contributed by atoms with E-state index in [1.165, 1.54) is 24.3 Å². The van der Waals surface area contributed by atoms with Crippen molar-refractivity contribution in [1.82, 2.24) is 4.57 Å². The molecule has 0 saturated heterocycles. The highest BCUT2D eigenvalue weighted by Gasteiger charge is 2.31. The minimum atomic E-state index is -4.91. The number of fused-ring (bicyclic) bond motifs is 1. The van der Waals surface area contributed by atoms with E-state index in [4.69, 9.17) is 0 Å². The third-order valence-corrected chi connectivity index (χ3v) is 5.73. The minimum absolute atomic E-state index is 0.0734. The summed E-state index contributed by atoms with van der Waals surface area (Å²) in [6.07, 6.45) is -4.91. The lowest BCUT2D eigenvalue weighted by Gasteiger charge is -2.11. The highest BCUT2D eigenvalue weighted by molar-refractivity contribution is 6.43. The topological polar surface area (TPSA) is 130 Å². The number of alkyl halides is 3. The average molecular weight is 527 g/mol. The van der Waals surface area contributed by atoms with Crippen LogP contribution < -0.4 is 15.4 Å². The molecule has 1 aromatic heterocycles. The van der Waals surface area contributed by atoms with Gasteiger partial charge < -0.3 is 30.2 Å². The molecule has 0 saturated carbocycles. The first-order chi connectivity index (χ1) is 17.8. The van der Waals surface area contributed by atoms with Gasteiger partial charge in [0.25, 0.3) is 0 Å². The van der Waals surface area contributed by atoms with E-state index in [9.17, 15) is 37.8 Å². The molecular weight excluding hydrogens is 507 g/mol. The lowest BCUT2D eigenvalue weighted by atomic mass is 10.0. The van der Waals surface area contributed by atoms with E-state index >= 15 is 0 Å². The summed E-state index contributed by atoms with van der Waals surface area (Å²) in [7, 11) is 1.74. The molecule has 2 amide bonds. The van der Waals surface area contributed by atoms with Crippen molar-refractivity contribution in [2.75, 3.05) is 10.6 Å². The Hall–Kier alpha value is -5.00. The number of benzene rings is 3. The van der Waals surface area contributed by atoms with Crippen LogP contribution in [0.25, 0.3) is 22.2 Å². The number of aromatic hydroxyl groups is 1. The van der Waals surface area contributed by atoms with E-state index in [1.54, 1.807) is 42.8 Å². The first-order valence-corrected chi connectivity index (χ1v) is 11.0. The van der Waals surface area contributed by atoms with Gasteiger partial charge >= 0.3 is 24.1 Å². The highest BCUT2D eigenvalue weighted by atomic mass is 19.4. The lowest BCUT2D eigenvalue weighted by Crippen LogP contribution is -2.29. The fourth-order valence-corrected chi connectivity index (χ4v) is 4.13. The molecule has 0 aliphatic carbocycles. The fourth-order valence-electron chi connectivity index (χ4n) is 4.13. The molecule has 4 rings (SSSR count). The van der Waals surface area contributed by atoms with Gasteiger partial charge in [0.05, 0.1) is 11.2 Å². The summed E-state index contributed by atoms with van der Waals surface area (Å²) in [6.45, 7) is 1.79. The van der Waals surface area contributed by atoms with Gasteiger partial charge in [0.1, 0.15) is 17.1 Å². The Labute approximate surface area is 213 Å². The first-order valence-electron chi connectivity index (χ1n) is 11.0. The van der Waals surface area contributed by atoms with Crippen LogP contribution in [0.2, 0.25) is 0 Å². The molecule has 3 aromatic carbocycles. The van der Waals surface area contributed by atoms with Crippen LogP contribution in [0.1, 0.15) is 15.9 Å². The van der Waals surface area contributed by atoms with Crippen molar-refractivity contribution in [2.45, 2.75) is 13.3 Å². The number of aromatic carboxylic acids is 1. The number of nitrogens with one attached hydrogen (secondary N) is 2. The Morgan fingerprint density at radius 1 is 0.921 bits per heavy atom. The summed E-state index contributed by atoms with van der Waals surface area (Å²) in [6, 6.07) is 13.8. The molecule has 0 aliphatic heterocycles. The van der Waals surface area contributed by atoms with Crippen LogP contribution in [0.5, 0.6) is 11.5 Å². The van der Waals surface area contributed by atoms with Crippen molar-refractivity contribution in [1.29, 1.82) is 0 Å². The van der Waals surface area contributed by atoms with Crippen molar-refractivity contribution in [3.05, 3.63) is 71.8 Å². The predicted molar refractivity (Wildman–Crippen MR) is 132 cm³/mol. The number of amides is 2. The van der Waals surface area contributed by atoms with Crippen LogP contribution in [0.15, 0.2) is 60.7 Å². The number of hydrogen-bond acceptors (Lipinski definition) is 5. The van der Waals surface area contributed by atoms with Gasteiger partial charge in [-0.05, 0) is 42.8 Å². The van der Waals surface area contributed by atoms with Gasteiger partial charge in [0.15, 0.2) is 0 Å². The van der Waals surface area contributed by atoms with Gasteiger partial charge in [0.2, 0.25) is 0 Å². The van der Waals surface area contributed by atoms with E-state index in [-0.39, 0.29) is 22.7 Å². The number of halogens is 3. The number of carboxylic acid groups (broad SMARTS) is 1. The molecule has 4 aromatic rings. The van der Waals surface area contributed by atoms with E-state index < -0.39 is 29.9 Å². The Morgan fingerprint density at radius 3 is 2.13 bits per heavy atom. The van der Waals surface area contributed by atoms with E-state index in [0.29, 0.717) is 22.2 Å². The van der Waals surface area contributed by atoms with Crippen LogP contribution >= 0.6 is 0 Å². The van der Waals surface area contributed by atoms with Crippen molar-refractivity contribution >= 4 is 40.1 Å². The van der Waals surface area contributed by atoms with Gasteiger partial charge in [-0.1, -0.05) is 18.2 Å². The molecule has 0 bridgehead atoms. The van der Waals surface area contributed by atoms with Gasteiger partial charge in [-0.2, -0.15) is 0 Å². The molecule has 38 heavy (non-hydrogen) atoms. The summed E-state index contributed by atoms with van der Waals surface area (Å²) in [5.74, 6) is -4.37. The molecule has 4 N–H and O–H groups in total. The van der Waals surface area contributed by atoms with E-state index in [1.807, 2.05) is 0 Å². The number of rotatable bonds is 5. The van der Waals surface area contributed by atoms with Crippen molar-refractivity contribution < 1.29 is 42.5 Å². The third kappa shape index (κ3) is 5.38. The number of carbonyl (C=O) groups is 3. The largest absolute Gasteiger partial charge is 0.573 e. The quantitative estimate of drug-likeness (QED) is 0.269. The molecule has 0 aliphatic rings. The van der Waals surface area contributed by atoms with Crippen molar-refractivity contribution in [2.24, 2.45) is 7.05 Å². The first kappa shape index (κ1) is 26.1. The zero-order valence-corrected chi connectivity index (χ0v) is 19.9. The second-order valence-electron chi connectivity index (χ2n) is 8.29. The maximum Gasteiger partial charge on any atom is 0.573 e. The standard InChI is InChI=1S/C26H20F3N3O6/c1-13-18-11-19(25(36)37)21(33)12-20(18)32(2)22(13)14-5-3-6-15(9-14)30-23(34)24(35)31-16-7-4-8-17(10-16)38-26(27,28)29/h3-12,33H,1-2H3,(H,30,34)(H,31,35)(H,36,37). The molecule has 0 spiro atoms. The monoisotopic (exact) mass is 527 g/mol. The predicted octanol–water partition coefficient (Wildman–Crippen LogP) is 5.03. The summed E-state index contributed by atoms with van der Waals surface area (Å²) in [5, 5.41) is 24.7. The number of phenols is 1. The van der Waals surface area contributed by atoms with E-state index in [2.05, 4.69) is 15.4 Å². The summed E-state index contributed by atoms with van der Waals surface area (Å²) in [5.41, 5.74) is 2.58. The van der Waals surface area contributed by atoms with E-state index in [0.717, 1.165) is 17.7 Å². The third-order valence-electron chi connectivity index (χ3n) is 5.73. The fraction of sp³-hybridized carbons (Fsp3) is 0.115. The number of aryl methyl sites for hydroxylation is 2. The molecular formula is C26H20F3N3O6. The van der Waals surface area contributed by atoms with Crippen LogP contribution in [0, 0.1) is 6.92 Å². The van der Waals surface area contributed by atoms with Crippen LogP contribution in [0.3, 0.4) is 0 Å². The number of anilines is 2. The van der Waals surface area contributed by atoms with Crippen molar-refractivity contribution in [3.8, 4) is 22.8 Å². The molecule has 12 heteroatoms. The molecule has 1 heterocycles. The van der Waals surface area contributed by atoms with Gasteiger partial charge in [-0.15, -0.1) is 13.2 Å². The summed E-state index contributed by atoms with van der Waals surface area (Å²) in [4.78, 5) is 36.3. The molecule has 196 valence electrons. The number of carboxylic acids is 1. The molecule has 0 fully saturated rings. The maximum absolute atomic E-state index is 12.5. The zero-order valence-electron chi connectivity index (χ0n) is 19.9. The zero-order chi connectivity index (χ0) is 27.8. The highest BCUT2D eigenvalue weighted by Crippen LogP contribution is 2.36. The lowest BCUT2D eigenvalue weighted by molar-refractivity contribution is -0.274. The molecule has 0 atom stereocenters. The molecule has 0 unspecified atom stereocenters. The minimum Gasteiger partial charge on any atom is -0.507 e. The number of carbonyl (C=O) groups excluding carboxylic acids is 2. The van der Waals surface area contributed by atoms with Crippen LogP contribution in [0.4, 0.5) is 24.5 Å². The molecule has 0 radical (unpaired) electrons. The smallest absolute Gasteiger partial charge is 0.507 e. The van der Waals surface area contributed by atoms with Crippen molar-refractivity contribution in [3.63, 3.8) is 0 Å². The SMILES string of the molecule is Cc1c(-c2cccc(NC(=O)C(=O)Nc3cccc(OC(F)(F)F)c3)c2)n(C)c2cc(O)c(C(=O)O)cc12. The normalized spacial score (nSPS) is 11.3. The maximum atomic E-state index is 12.5. The Morgan fingerprint density at radius 2 is 1.53 bits per heavy atom. The average Bonchev–Trinajstić information content (AvgIpc) is 3.06. The Kier molecular flexibility index (Phi) is 6.73.